The maximum atomic E-state index is 13.3. The van der Waals surface area contributed by atoms with Crippen molar-refractivity contribution in [3.63, 3.8) is 0 Å². The number of esters is 1. The van der Waals surface area contributed by atoms with Crippen LogP contribution in [0, 0.1) is 5.82 Å². The van der Waals surface area contributed by atoms with E-state index < -0.39 is 5.25 Å². The predicted octanol–water partition coefficient (Wildman–Crippen LogP) is 4.57. The fraction of sp³-hybridized carbons (Fsp3) is 0.286. The summed E-state index contributed by atoms with van der Waals surface area (Å²) in [5.74, 6) is 0.0460. The lowest BCUT2D eigenvalue weighted by molar-refractivity contribution is -0.142. The first-order valence-electron chi connectivity index (χ1n) is 9.15. The van der Waals surface area contributed by atoms with E-state index in [4.69, 9.17) is 4.74 Å². The molecular formula is C21H22FN3O2S. The Morgan fingerprint density at radius 3 is 2.54 bits per heavy atom. The van der Waals surface area contributed by atoms with Crippen LogP contribution in [0.5, 0.6) is 0 Å². The molecule has 1 unspecified atom stereocenters. The SMILES string of the molecule is CCCOC(=O)C(C)Sc1nnc(-c2ccc(F)cc2)n1Cc1ccccc1. The fourth-order valence-electron chi connectivity index (χ4n) is 2.62. The number of hydrogen-bond donors (Lipinski definition) is 0. The van der Waals surface area contributed by atoms with Gasteiger partial charge in [0.15, 0.2) is 11.0 Å². The highest BCUT2D eigenvalue weighted by atomic mass is 32.2. The highest BCUT2D eigenvalue weighted by Gasteiger charge is 2.22. The van der Waals surface area contributed by atoms with Gasteiger partial charge >= 0.3 is 5.97 Å². The zero-order valence-corrected chi connectivity index (χ0v) is 16.7. The molecule has 7 heteroatoms. The summed E-state index contributed by atoms with van der Waals surface area (Å²) in [6.45, 7) is 4.69. The Labute approximate surface area is 167 Å². The number of thioether (sulfide) groups is 1. The Morgan fingerprint density at radius 2 is 1.86 bits per heavy atom. The summed E-state index contributed by atoms with van der Waals surface area (Å²) in [6, 6.07) is 16.1. The highest BCUT2D eigenvalue weighted by Crippen LogP contribution is 2.28. The van der Waals surface area contributed by atoms with E-state index in [0.29, 0.717) is 24.1 Å². The molecule has 0 radical (unpaired) electrons. The number of hydrogen-bond acceptors (Lipinski definition) is 5. The molecule has 0 amide bonds. The van der Waals surface area contributed by atoms with Crippen molar-refractivity contribution in [2.75, 3.05) is 6.61 Å². The van der Waals surface area contributed by atoms with Gasteiger partial charge in [0, 0.05) is 5.56 Å². The second-order valence-corrected chi connectivity index (χ2v) is 7.62. The smallest absolute Gasteiger partial charge is 0.319 e. The molecule has 0 N–H and O–H groups in total. The average molecular weight is 399 g/mol. The van der Waals surface area contributed by atoms with Gasteiger partial charge in [-0.15, -0.1) is 10.2 Å². The second-order valence-electron chi connectivity index (χ2n) is 6.31. The molecule has 0 saturated carbocycles. The van der Waals surface area contributed by atoms with Crippen LogP contribution in [-0.4, -0.2) is 32.6 Å². The van der Waals surface area contributed by atoms with Gasteiger partial charge in [0.1, 0.15) is 11.1 Å². The van der Waals surface area contributed by atoms with E-state index in [2.05, 4.69) is 10.2 Å². The number of carbonyl (C=O) groups excluding carboxylic acids is 1. The van der Waals surface area contributed by atoms with Crippen LogP contribution in [0.25, 0.3) is 11.4 Å². The lowest BCUT2D eigenvalue weighted by Gasteiger charge is -2.13. The van der Waals surface area contributed by atoms with Gasteiger partial charge in [-0.25, -0.2) is 4.39 Å². The summed E-state index contributed by atoms with van der Waals surface area (Å²) in [4.78, 5) is 12.1. The second kappa shape index (κ2) is 9.50. The van der Waals surface area contributed by atoms with E-state index in [-0.39, 0.29) is 11.8 Å². The Kier molecular flexibility index (Phi) is 6.81. The summed E-state index contributed by atoms with van der Waals surface area (Å²) in [6.07, 6.45) is 0.780. The lowest BCUT2D eigenvalue weighted by atomic mass is 10.2. The van der Waals surface area contributed by atoms with Gasteiger partial charge in [-0.3, -0.25) is 9.36 Å². The molecule has 0 fully saturated rings. The molecule has 0 aliphatic heterocycles. The molecule has 1 atom stereocenters. The van der Waals surface area contributed by atoms with Crippen LogP contribution in [0.3, 0.4) is 0 Å². The van der Waals surface area contributed by atoms with Crippen LogP contribution >= 0.6 is 11.8 Å². The minimum atomic E-state index is -0.411. The molecule has 0 aliphatic carbocycles. The standard InChI is InChI=1S/C21H22FN3O2S/c1-3-13-27-20(26)15(2)28-21-24-23-19(17-9-11-18(22)12-10-17)25(21)14-16-7-5-4-6-8-16/h4-12,15H,3,13-14H2,1-2H3. The van der Waals surface area contributed by atoms with Crippen molar-refractivity contribution >= 4 is 17.7 Å². The van der Waals surface area contributed by atoms with Crippen LogP contribution in [0.2, 0.25) is 0 Å². The first kappa shape index (κ1) is 20.1. The van der Waals surface area contributed by atoms with Gasteiger partial charge in [0.2, 0.25) is 0 Å². The van der Waals surface area contributed by atoms with Crippen molar-refractivity contribution in [3.8, 4) is 11.4 Å². The van der Waals surface area contributed by atoms with Crippen LogP contribution in [-0.2, 0) is 16.1 Å². The number of benzene rings is 2. The number of ether oxygens (including phenoxy) is 1. The first-order valence-corrected chi connectivity index (χ1v) is 10.0. The topological polar surface area (TPSA) is 57.0 Å². The monoisotopic (exact) mass is 399 g/mol. The molecule has 0 saturated heterocycles. The Balaban J connectivity index is 1.91. The highest BCUT2D eigenvalue weighted by molar-refractivity contribution is 8.00. The fourth-order valence-corrected chi connectivity index (χ4v) is 3.47. The maximum absolute atomic E-state index is 13.3. The summed E-state index contributed by atoms with van der Waals surface area (Å²) in [5, 5.41) is 8.80. The quantitative estimate of drug-likeness (QED) is 0.410. The molecule has 5 nitrogen and oxygen atoms in total. The zero-order chi connectivity index (χ0) is 19.9. The number of nitrogens with zero attached hydrogens (tertiary/aromatic N) is 3. The van der Waals surface area contributed by atoms with Gasteiger partial charge in [0.25, 0.3) is 0 Å². The van der Waals surface area contributed by atoms with E-state index in [9.17, 15) is 9.18 Å². The van der Waals surface area contributed by atoms with Gasteiger partial charge in [-0.1, -0.05) is 49.0 Å². The molecule has 0 bridgehead atoms. The minimum Gasteiger partial charge on any atom is -0.465 e. The molecule has 2 aromatic carbocycles. The molecule has 3 aromatic rings. The van der Waals surface area contributed by atoms with E-state index in [0.717, 1.165) is 17.5 Å². The van der Waals surface area contributed by atoms with E-state index in [1.807, 2.05) is 41.8 Å². The lowest BCUT2D eigenvalue weighted by Crippen LogP contribution is -2.18. The molecule has 146 valence electrons. The van der Waals surface area contributed by atoms with Gasteiger partial charge < -0.3 is 4.74 Å². The average Bonchev–Trinajstić information content (AvgIpc) is 3.09. The largest absolute Gasteiger partial charge is 0.465 e. The van der Waals surface area contributed by atoms with Crippen molar-refractivity contribution in [1.29, 1.82) is 0 Å². The van der Waals surface area contributed by atoms with Gasteiger partial charge in [-0.2, -0.15) is 0 Å². The summed E-state index contributed by atoms with van der Waals surface area (Å²) >= 11 is 1.31. The maximum Gasteiger partial charge on any atom is 0.319 e. The van der Waals surface area contributed by atoms with Gasteiger partial charge in [-0.05, 0) is 43.2 Å². The molecule has 0 aliphatic rings. The normalized spacial score (nSPS) is 12.0. The minimum absolute atomic E-state index is 0.274. The number of halogens is 1. The van der Waals surface area contributed by atoms with E-state index in [1.165, 1.54) is 23.9 Å². The first-order chi connectivity index (χ1) is 13.6. The molecule has 0 spiro atoms. The Bertz CT molecular complexity index is 913. The van der Waals surface area contributed by atoms with Crippen molar-refractivity contribution in [2.24, 2.45) is 0 Å². The number of aromatic nitrogens is 3. The summed E-state index contributed by atoms with van der Waals surface area (Å²) in [7, 11) is 0. The Hall–Kier alpha value is -2.67. The number of carbonyl (C=O) groups is 1. The summed E-state index contributed by atoms with van der Waals surface area (Å²) in [5.41, 5.74) is 1.84. The third kappa shape index (κ3) is 4.98. The zero-order valence-electron chi connectivity index (χ0n) is 15.8. The predicted molar refractivity (Wildman–Crippen MR) is 108 cm³/mol. The van der Waals surface area contributed by atoms with Crippen LogP contribution in [0.4, 0.5) is 4.39 Å². The number of rotatable bonds is 8. The van der Waals surface area contributed by atoms with E-state index in [1.54, 1.807) is 19.1 Å². The van der Waals surface area contributed by atoms with Crippen molar-refractivity contribution in [1.82, 2.24) is 14.8 Å². The van der Waals surface area contributed by atoms with Crippen LogP contribution in [0.15, 0.2) is 59.8 Å². The van der Waals surface area contributed by atoms with Crippen molar-refractivity contribution in [2.45, 2.75) is 37.2 Å². The van der Waals surface area contributed by atoms with Gasteiger partial charge in [0.05, 0.1) is 13.2 Å². The molecule has 3 rings (SSSR count). The molecule has 1 heterocycles. The molecular weight excluding hydrogens is 377 g/mol. The third-order valence-electron chi connectivity index (χ3n) is 4.07. The van der Waals surface area contributed by atoms with Crippen molar-refractivity contribution in [3.05, 3.63) is 66.0 Å². The van der Waals surface area contributed by atoms with Crippen molar-refractivity contribution < 1.29 is 13.9 Å². The summed E-state index contributed by atoms with van der Waals surface area (Å²) < 4.78 is 20.5. The van der Waals surface area contributed by atoms with Crippen LogP contribution in [0.1, 0.15) is 25.8 Å². The van der Waals surface area contributed by atoms with Crippen LogP contribution < -0.4 is 0 Å². The Morgan fingerprint density at radius 1 is 1.14 bits per heavy atom. The molecule has 1 aromatic heterocycles. The third-order valence-corrected chi connectivity index (χ3v) is 5.12. The van der Waals surface area contributed by atoms with E-state index >= 15 is 0 Å². The molecule has 28 heavy (non-hydrogen) atoms.